The minimum atomic E-state index is -0.386. The molecule has 0 spiro atoms. The molecule has 3 fully saturated rings. The molecule has 6 nitrogen and oxygen atoms in total. The molecule has 2 aromatic carbocycles. The Hall–Kier alpha value is -2.67. The number of aliphatic hydroxyl groups excluding tert-OH is 1. The van der Waals surface area contributed by atoms with Gasteiger partial charge in [0.05, 0.1) is 6.10 Å². The first-order chi connectivity index (χ1) is 17.7. The molecule has 1 atom stereocenters. The van der Waals surface area contributed by atoms with Crippen molar-refractivity contribution >= 4 is 17.7 Å². The minimum absolute atomic E-state index is 0.0358. The molecule has 3 aliphatic rings. The molecule has 5 rings (SSSR count). The highest BCUT2D eigenvalue weighted by molar-refractivity contribution is 5.94. The normalized spacial score (nSPS) is 22.9. The van der Waals surface area contributed by atoms with Gasteiger partial charge in [0.15, 0.2) is 0 Å². The Balaban J connectivity index is 1.05. The Morgan fingerprint density at radius 1 is 0.861 bits per heavy atom. The molecule has 0 bridgehead atoms. The van der Waals surface area contributed by atoms with E-state index in [4.69, 9.17) is 0 Å². The van der Waals surface area contributed by atoms with E-state index >= 15 is 0 Å². The predicted molar refractivity (Wildman–Crippen MR) is 146 cm³/mol. The van der Waals surface area contributed by atoms with Crippen LogP contribution in [0.4, 0.5) is 5.69 Å². The number of piperidine rings is 2. The van der Waals surface area contributed by atoms with Crippen molar-refractivity contribution in [3.05, 3.63) is 71.8 Å². The minimum Gasteiger partial charge on any atom is -0.391 e. The van der Waals surface area contributed by atoms with Gasteiger partial charge in [-0.05, 0) is 55.5 Å². The van der Waals surface area contributed by atoms with Gasteiger partial charge in [-0.1, -0.05) is 42.5 Å². The molecule has 0 aromatic heterocycles. The fourth-order valence-corrected chi connectivity index (χ4v) is 5.84. The monoisotopic (exact) mass is 488 g/mol. The van der Waals surface area contributed by atoms with Crippen molar-refractivity contribution in [3.8, 4) is 0 Å². The van der Waals surface area contributed by atoms with Crippen LogP contribution in [-0.2, 0) is 0 Å². The second kappa shape index (κ2) is 12.0. The summed E-state index contributed by atoms with van der Waals surface area (Å²) in [6.45, 7) is 8.95. The van der Waals surface area contributed by atoms with E-state index in [1.807, 2.05) is 12.1 Å². The summed E-state index contributed by atoms with van der Waals surface area (Å²) in [6, 6.07) is 19.3. The Morgan fingerprint density at radius 3 is 2.28 bits per heavy atom. The number of β-amino-alcohol motifs (C(OH)–C–C–N with tert-alkyl or cyclic N) is 1. The maximum Gasteiger partial charge on any atom is 0.253 e. The fourth-order valence-electron chi connectivity index (χ4n) is 5.84. The molecule has 1 amide bonds. The SMILES string of the molecule is O=C(c1ccc(N2CCC(N3CCN(C/C=C/c4ccccc4)CC3)CC2)cc1)N1CCCC(O)C1. The topological polar surface area (TPSA) is 50.3 Å². The first-order valence-electron chi connectivity index (χ1n) is 13.7. The molecule has 0 radical (unpaired) electrons. The van der Waals surface area contributed by atoms with Crippen molar-refractivity contribution in [2.45, 2.75) is 37.8 Å². The molecule has 2 aromatic rings. The van der Waals surface area contributed by atoms with E-state index in [1.165, 1.54) is 24.1 Å². The number of hydrogen-bond acceptors (Lipinski definition) is 5. The lowest BCUT2D eigenvalue weighted by molar-refractivity contribution is 0.0474. The third-order valence-electron chi connectivity index (χ3n) is 8.02. The number of piperazine rings is 1. The summed E-state index contributed by atoms with van der Waals surface area (Å²) in [4.78, 5) is 22.3. The number of aliphatic hydroxyl groups is 1. The smallest absolute Gasteiger partial charge is 0.253 e. The molecule has 1 N–H and O–H groups in total. The Bertz CT molecular complexity index is 993. The molecular formula is C30H40N4O2. The number of likely N-dealkylation sites (tertiary alicyclic amines) is 1. The van der Waals surface area contributed by atoms with Crippen LogP contribution >= 0.6 is 0 Å². The van der Waals surface area contributed by atoms with Gasteiger partial charge >= 0.3 is 0 Å². The number of carbonyl (C=O) groups excluding carboxylic acids is 1. The summed E-state index contributed by atoms with van der Waals surface area (Å²) in [5, 5.41) is 9.88. The summed E-state index contributed by atoms with van der Waals surface area (Å²) in [5.74, 6) is 0.0358. The van der Waals surface area contributed by atoms with Crippen molar-refractivity contribution in [3.63, 3.8) is 0 Å². The summed E-state index contributed by atoms with van der Waals surface area (Å²) in [6.07, 6.45) is 8.19. The summed E-state index contributed by atoms with van der Waals surface area (Å²) in [7, 11) is 0. The van der Waals surface area contributed by atoms with Crippen LogP contribution in [0, 0.1) is 0 Å². The van der Waals surface area contributed by atoms with Crippen LogP contribution in [0.2, 0.25) is 0 Å². The van der Waals surface area contributed by atoms with E-state index < -0.39 is 0 Å². The lowest BCUT2D eigenvalue weighted by Crippen LogP contribution is -2.53. The molecule has 3 saturated heterocycles. The van der Waals surface area contributed by atoms with Gasteiger partial charge in [0.25, 0.3) is 5.91 Å². The lowest BCUT2D eigenvalue weighted by atomic mass is 10.0. The van der Waals surface area contributed by atoms with E-state index in [1.54, 1.807) is 4.90 Å². The number of benzene rings is 2. The molecular weight excluding hydrogens is 448 g/mol. The number of rotatable bonds is 6. The third kappa shape index (κ3) is 6.36. The van der Waals surface area contributed by atoms with Crippen LogP contribution in [0.3, 0.4) is 0 Å². The van der Waals surface area contributed by atoms with E-state index in [9.17, 15) is 9.90 Å². The highest BCUT2D eigenvalue weighted by Crippen LogP contribution is 2.24. The first-order valence-corrected chi connectivity index (χ1v) is 13.7. The van der Waals surface area contributed by atoms with Crippen LogP contribution in [-0.4, -0.2) is 96.8 Å². The van der Waals surface area contributed by atoms with Crippen molar-refractivity contribution in [1.29, 1.82) is 0 Å². The van der Waals surface area contributed by atoms with E-state index in [-0.39, 0.29) is 12.0 Å². The van der Waals surface area contributed by atoms with Crippen molar-refractivity contribution < 1.29 is 9.90 Å². The van der Waals surface area contributed by atoms with Gasteiger partial charge in [-0.3, -0.25) is 14.6 Å². The van der Waals surface area contributed by atoms with E-state index in [2.05, 4.69) is 69.3 Å². The van der Waals surface area contributed by atoms with E-state index in [0.29, 0.717) is 12.6 Å². The number of hydrogen-bond donors (Lipinski definition) is 1. The highest BCUT2D eigenvalue weighted by atomic mass is 16.3. The summed E-state index contributed by atoms with van der Waals surface area (Å²) in [5.41, 5.74) is 3.20. The predicted octanol–water partition coefficient (Wildman–Crippen LogP) is 3.58. The lowest BCUT2D eigenvalue weighted by Gasteiger charge is -2.43. The zero-order valence-corrected chi connectivity index (χ0v) is 21.3. The van der Waals surface area contributed by atoms with Crippen LogP contribution in [0.5, 0.6) is 0 Å². The standard InChI is InChI=1S/C30H40N4O2/c35-29-9-5-17-34(24-29)30(36)26-10-12-27(13-11-26)32-18-14-28(15-19-32)33-22-20-31(21-23-33)16-4-8-25-6-2-1-3-7-25/h1-4,6-8,10-13,28-29,35H,5,9,14-24H2/b8-4+. The number of carbonyl (C=O) groups is 1. The molecule has 0 aliphatic carbocycles. The second-order valence-corrected chi connectivity index (χ2v) is 10.5. The molecule has 1 unspecified atom stereocenters. The first kappa shape index (κ1) is 25.0. The Kier molecular flexibility index (Phi) is 8.36. The van der Waals surface area contributed by atoms with Crippen LogP contribution < -0.4 is 4.90 Å². The van der Waals surface area contributed by atoms with Gasteiger partial charge in [0.1, 0.15) is 0 Å². The maximum atomic E-state index is 12.8. The summed E-state index contributed by atoms with van der Waals surface area (Å²) < 4.78 is 0. The summed E-state index contributed by atoms with van der Waals surface area (Å²) >= 11 is 0. The van der Waals surface area contributed by atoms with Crippen molar-refractivity contribution in [1.82, 2.24) is 14.7 Å². The average molecular weight is 489 g/mol. The van der Waals surface area contributed by atoms with Crippen molar-refractivity contribution in [2.75, 3.05) is 63.8 Å². The number of nitrogens with zero attached hydrogens (tertiary/aromatic N) is 4. The largest absolute Gasteiger partial charge is 0.391 e. The fraction of sp³-hybridized carbons (Fsp3) is 0.500. The van der Waals surface area contributed by atoms with Gasteiger partial charge in [-0.15, -0.1) is 0 Å². The van der Waals surface area contributed by atoms with Gasteiger partial charge < -0.3 is 14.9 Å². The van der Waals surface area contributed by atoms with Gasteiger partial charge in [0.2, 0.25) is 0 Å². The molecule has 192 valence electrons. The van der Waals surface area contributed by atoms with Crippen molar-refractivity contribution in [2.24, 2.45) is 0 Å². The molecule has 6 heteroatoms. The Labute approximate surface area is 215 Å². The average Bonchev–Trinajstić information content (AvgIpc) is 2.94. The van der Waals surface area contributed by atoms with Gasteiger partial charge in [-0.25, -0.2) is 0 Å². The molecule has 3 aliphatic heterocycles. The second-order valence-electron chi connectivity index (χ2n) is 10.5. The van der Waals surface area contributed by atoms with Gasteiger partial charge in [-0.2, -0.15) is 0 Å². The van der Waals surface area contributed by atoms with Crippen LogP contribution in [0.1, 0.15) is 41.6 Å². The Morgan fingerprint density at radius 2 is 1.58 bits per heavy atom. The quantitative estimate of drug-likeness (QED) is 0.674. The number of amides is 1. The third-order valence-corrected chi connectivity index (χ3v) is 8.02. The molecule has 3 heterocycles. The zero-order valence-electron chi connectivity index (χ0n) is 21.3. The molecule has 0 saturated carbocycles. The zero-order chi connectivity index (χ0) is 24.7. The van der Waals surface area contributed by atoms with Crippen LogP contribution in [0.15, 0.2) is 60.7 Å². The van der Waals surface area contributed by atoms with Crippen LogP contribution in [0.25, 0.3) is 6.08 Å². The highest BCUT2D eigenvalue weighted by Gasteiger charge is 2.28. The molecule has 36 heavy (non-hydrogen) atoms. The van der Waals surface area contributed by atoms with Gasteiger partial charge in [0, 0.05) is 76.2 Å². The maximum absolute atomic E-state index is 12.8. The van der Waals surface area contributed by atoms with E-state index in [0.717, 1.165) is 70.8 Å². The number of anilines is 1.